The lowest BCUT2D eigenvalue weighted by atomic mass is 10.0. The van der Waals surface area contributed by atoms with E-state index in [2.05, 4.69) is 10.5 Å². The molecule has 41 heavy (non-hydrogen) atoms. The summed E-state index contributed by atoms with van der Waals surface area (Å²) in [6.45, 7) is 0.356. The van der Waals surface area contributed by atoms with Gasteiger partial charge in [0.25, 0.3) is 5.91 Å². The second kappa shape index (κ2) is 14.1. The number of hydrogen-bond acceptors (Lipinski definition) is 9. The van der Waals surface area contributed by atoms with Crippen molar-refractivity contribution >= 4 is 34.3 Å². The number of aliphatic hydroxyl groups is 1. The van der Waals surface area contributed by atoms with E-state index in [0.29, 0.717) is 18.2 Å². The number of pyridine rings is 1. The predicted molar refractivity (Wildman–Crippen MR) is 131 cm³/mol. The minimum absolute atomic E-state index is 0.0921. The van der Waals surface area contributed by atoms with Gasteiger partial charge in [0.05, 0.1) is 31.6 Å². The van der Waals surface area contributed by atoms with E-state index in [4.69, 9.17) is 25.9 Å². The summed E-state index contributed by atoms with van der Waals surface area (Å²) in [5.41, 5.74) is 0.328. The third-order valence-electron chi connectivity index (χ3n) is 5.02. The average molecular weight is 621 g/mol. The first-order valence-electron chi connectivity index (χ1n) is 11.3. The molecule has 19 heteroatoms. The highest BCUT2D eigenvalue weighted by Gasteiger charge is 2.73. The number of nitrogens with one attached hydrogen (secondary N) is 3. The largest absolute Gasteiger partial charge is 0.460 e. The minimum atomic E-state index is -6.64. The fourth-order valence-electron chi connectivity index (χ4n) is 2.98. The lowest BCUT2D eigenvalue weighted by Gasteiger charge is -2.28. The molecule has 0 radical (unpaired) electrons. The maximum absolute atomic E-state index is 14.5. The van der Waals surface area contributed by atoms with E-state index in [0.717, 1.165) is 5.01 Å². The topological polar surface area (TPSA) is 146 Å². The van der Waals surface area contributed by atoms with Gasteiger partial charge in [-0.05, 0) is 30.7 Å². The molecule has 0 unspecified atom stereocenters. The normalized spacial score (nSPS) is 12.3. The molecule has 0 bridgehead atoms. The van der Waals surface area contributed by atoms with E-state index in [1.165, 1.54) is 25.3 Å². The van der Waals surface area contributed by atoms with Crippen LogP contribution < -0.4 is 16.6 Å². The number of ether oxygens (including phenoxy) is 1. The zero-order valence-corrected chi connectivity index (χ0v) is 21.8. The molecule has 0 spiro atoms. The monoisotopic (exact) mass is 620 g/mol. The number of thioether (sulfide) groups is 1. The van der Waals surface area contributed by atoms with Gasteiger partial charge in [0.15, 0.2) is 16.8 Å². The number of amidine groups is 1. The van der Waals surface area contributed by atoms with Crippen LogP contribution in [0.25, 0.3) is 0 Å². The molecule has 1 aromatic carbocycles. The van der Waals surface area contributed by atoms with Crippen LogP contribution in [0.15, 0.2) is 35.4 Å². The fraction of sp³-hybridized carbons (Fsp3) is 0.409. The zero-order chi connectivity index (χ0) is 31.0. The van der Waals surface area contributed by atoms with Gasteiger partial charge in [0.1, 0.15) is 0 Å². The number of aliphatic hydroxyl groups excluding tert-OH is 1. The molecule has 6 N–H and O–H groups in total. The molecule has 0 aliphatic heterocycles. The van der Waals surface area contributed by atoms with Crippen LogP contribution in [0, 0.1) is 11.2 Å². The molecular formula is C22H24F8N6O4S. The molecule has 0 aliphatic carbocycles. The molecule has 0 saturated carbocycles. The Balaban J connectivity index is 2.27. The molecule has 2 rings (SSSR count). The Labute approximate surface area is 231 Å². The molecule has 0 fully saturated rings. The number of alkyl halides is 7. The third-order valence-corrected chi connectivity index (χ3v) is 6.02. The number of hydrazine groups is 1. The number of nitrogens with two attached hydrogens (primary N) is 1. The number of amides is 1. The highest BCUT2D eigenvalue weighted by molar-refractivity contribution is 8.13. The van der Waals surface area contributed by atoms with Crippen molar-refractivity contribution in [1.82, 2.24) is 9.99 Å². The van der Waals surface area contributed by atoms with Crippen molar-refractivity contribution in [2.45, 2.75) is 29.3 Å². The van der Waals surface area contributed by atoms with Crippen LogP contribution in [0.5, 0.6) is 0 Å². The van der Waals surface area contributed by atoms with Crippen molar-refractivity contribution in [2.75, 3.05) is 44.3 Å². The summed E-state index contributed by atoms with van der Waals surface area (Å²) in [5, 5.41) is 19.6. The number of aromatic nitrogens is 1. The molecular weight excluding hydrogens is 596 g/mol. The Hall–Kier alpha value is -3.26. The van der Waals surface area contributed by atoms with Gasteiger partial charge >= 0.3 is 18.0 Å². The number of benzene rings is 1. The number of anilines is 2. The van der Waals surface area contributed by atoms with Crippen LogP contribution in [0.3, 0.4) is 0 Å². The van der Waals surface area contributed by atoms with Crippen molar-refractivity contribution in [3.05, 3.63) is 47.4 Å². The number of hydrogen-bond donors (Lipinski definition) is 5. The summed E-state index contributed by atoms with van der Waals surface area (Å²) in [6.07, 6.45) is -6.38. The van der Waals surface area contributed by atoms with Gasteiger partial charge in [-0.25, -0.2) is 15.2 Å². The average Bonchev–Trinajstić information content (AvgIpc) is 2.89. The molecule has 10 nitrogen and oxygen atoms in total. The SMILES string of the molecule is CONc1ccc(SC(=N)N(N)CCCOCCO)c(C(=O)Nc2ncc(C(F)(F)C(F)(F)C(F)(F)F)cc2F)c1. The van der Waals surface area contributed by atoms with Gasteiger partial charge in [-0.2, -0.15) is 30.7 Å². The van der Waals surface area contributed by atoms with Gasteiger partial charge in [0.2, 0.25) is 0 Å². The summed E-state index contributed by atoms with van der Waals surface area (Å²) in [5.74, 6) is -10.6. The van der Waals surface area contributed by atoms with Crippen molar-refractivity contribution in [1.29, 1.82) is 5.41 Å². The Kier molecular flexibility index (Phi) is 11.7. The standard InChI is InChI=1S/C22H24F8N6O4S/c1-39-35-13-3-4-16(41-19(31)36(32)5-2-7-40-8-6-37)14(10-13)18(38)34-17-15(23)9-12(11-33-17)20(24,25)21(26,27)22(28,29)30/h3-4,9-11,31,35,37H,2,5-8,32H2,1H3,(H,33,34,38). The first-order valence-corrected chi connectivity index (χ1v) is 12.1. The number of nitrogens with zero attached hydrogens (tertiary/aromatic N) is 2. The summed E-state index contributed by atoms with van der Waals surface area (Å²) >= 11 is 0.698. The Morgan fingerprint density at radius 2 is 1.85 bits per heavy atom. The highest BCUT2D eigenvalue weighted by atomic mass is 32.2. The number of rotatable bonds is 13. The first-order chi connectivity index (χ1) is 19.1. The number of carbonyl (C=O) groups is 1. The molecule has 0 aliphatic rings. The van der Waals surface area contributed by atoms with E-state index in [9.17, 15) is 39.9 Å². The van der Waals surface area contributed by atoms with E-state index in [1.54, 1.807) is 0 Å². The predicted octanol–water partition coefficient (Wildman–Crippen LogP) is 4.34. The quantitative estimate of drug-likeness (QED) is 0.0420. The van der Waals surface area contributed by atoms with Gasteiger partial charge in [-0.1, -0.05) is 11.8 Å². The Bertz CT molecular complexity index is 1220. The molecule has 1 aromatic heterocycles. The molecule has 2 aromatic rings. The number of carbonyl (C=O) groups excluding carboxylic acids is 1. The second-order valence-corrected chi connectivity index (χ2v) is 8.99. The van der Waals surface area contributed by atoms with E-state index < -0.39 is 41.1 Å². The van der Waals surface area contributed by atoms with Crippen LogP contribution in [0.1, 0.15) is 22.3 Å². The van der Waals surface area contributed by atoms with Gasteiger partial charge < -0.3 is 15.2 Å². The molecule has 228 valence electrons. The third kappa shape index (κ3) is 8.38. The number of halogens is 8. The van der Waals surface area contributed by atoms with Crippen LogP contribution in [-0.2, 0) is 15.5 Å². The second-order valence-electron chi connectivity index (χ2n) is 7.96. The van der Waals surface area contributed by atoms with Crippen LogP contribution in [-0.4, -0.2) is 71.7 Å². The van der Waals surface area contributed by atoms with Crippen LogP contribution in [0.4, 0.5) is 46.6 Å². The van der Waals surface area contributed by atoms with E-state index in [-0.39, 0.29) is 59.9 Å². The van der Waals surface area contributed by atoms with Crippen LogP contribution in [0.2, 0.25) is 0 Å². The summed E-state index contributed by atoms with van der Waals surface area (Å²) in [4.78, 5) is 20.9. The maximum atomic E-state index is 14.5. The molecule has 1 amide bonds. The molecule has 0 saturated heterocycles. The zero-order valence-electron chi connectivity index (χ0n) is 21.0. The van der Waals surface area contributed by atoms with Gasteiger partial charge in [-0.3, -0.25) is 25.5 Å². The van der Waals surface area contributed by atoms with Crippen LogP contribution >= 0.6 is 11.8 Å². The first kappa shape index (κ1) is 33.9. The Morgan fingerprint density at radius 1 is 1.17 bits per heavy atom. The molecule has 0 atom stereocenters. The minimum Gasteiger partial charge on any atom is -0.394 e. The van der Waals surface area contributed by atoms with E-state index in [1.807, 2.05) is 5.32 Å². The van der Waals surface area contributed by atoms with Crippen molar-refractivity contribution in [3.8, 4) is 0 Å². The van der Waals surface area contributed by atoms with Crippen molar-refractivity contribution in [3.63, 3.8) is 0 Å². The van der Waals surface area contributed by atoms with E-state index >= 15 is 0 Å². The summed E-state index contributed by atoms with van der Waals surface area (Å²) in [6, 6.07) is 3.70. The maximum Gasteiger partial charge on any atom is 0.460 e. The summed E-state index contributed by atoms with van der Waals surface area (Å²) in [7, 11) is 1.26. The van der Waals surface area contributed by atoms with Gasteiger partial charge in [-0.15, -0.1) is 0 Å². The van der Waals surface area contributed by atoms with Gasteiger partial charge in [0, 0.05) is 29.8 Å². The fourth-order valence-corrected chi connectivity index (χ4v) is 3.80. The highest BCUT2D eigenvalue weighted by Crippen LogP contribution is 2.51. The summed E-state index contributed by atoms with van der Waals surface area (Å²) < 4.78 is 111. The van der Waals surface area contributed by atoms with Crippen molar-refractivity contribution in [2.24, 2.45) is 5.84 Å². The Morgan fingerprint density at radius 3 is 2.44 bits per heavy atom. The van der Waals surface area contributed by atoms with Crippen molar-refractivity contribution < 1.29 is 54.6 Å². The smallest absolute Gasteiger partial charge is 0.394 e. The lowest BCUT2D eigenvalue weighted by Crippen LogP contribution is -2.50. The lowest BCUT2D eigenvalue weighted by molar-refractivity contribution is -0.359. The molecule has 1 heterocycles.